The van der Waals surface area contributed by atoms with Crippen molar-refractivity contribution < 1.29 is 13.9 Å². The molecule has 13 heavy (non-hydrogen) atoms. The van der Waals surface area contributed by atoms with Crippen LogP contribution in [0.1, 0.15) is 12.5 Å². The van der Waals surface area contributed by atoms with Gasteiger partial charge < -0.3 is 9.47 Å². The molecule has 0 aliphatic carbocycles. The van der Waals surface area contributed by atoms with Crippen LogP contribution in [0.25, 0.3) is 0 Å². The highest BCUT2D eigenvalue weighted by molar-refractivity contribution is 5.41. The summed E-state index contributed by atoms with van der Waals surface area (Å²) in [6, 6.07) is 3.27. The normalized spacial score (nSPS) is 9.85. The lowest BCUT2D eigenvalue weighted by molar-refractivity contribution is 0.372. The number of methoxy groups -OCH3 is 2. The zero-order chi connectivity index (χ0) is 9.84. The van der Waals surface area contributed by atoms with Crippen molar-refractivity contribution in [1.29, 1.82) is 0 Å². The summed E-state index contributed by atoms with van der Waals surface area (Å²) < 4.78 is 23.4. The van der Waals surface area contributed by atoms with E-state index in [2.05, 4.69) is 0 Å². The summed E-state index contributed by atoms with van der Waals surface area (Å²) in [6.45, 7) is 1.88. The van der Waals surface area contributed by atoms with Crippen LogP contribution in [0.4, 0.5) is 4.39 Å². The minimum Gasteiger partial charge on any atom is -0.496 e. The molecule has 0 spiro atoms. The van der Waals surface area contributed by atoms with E-state index in [1.54, 1.807) is 12.1 Å². The Hall–Kier alpha value is -1.25. The van der Waals surface area contributed by atoms with Crippen LogP contribution in [0.15, 0.2) is 12.1 Å². The molecule has 1 rings (SSSR count). The van der Waals surface area contributed by atoms with Crippen molar-refractivity contribution >= 4 is 0 Å². The summed E-state index contributed by atoms with van der Waals surface area (Å²) >= 11 is 0. The highest BCUT2D eigenvalue weighted by Gasteiger charge is 2.12. The summed E-state index contributed by atoms with van der Waals surface area (Å²) in [6.07, 6.45) is 0.589. The Morgan fingerprint density at radius 3 is 2.15 bits per heavy atom. The molecule has 2 nitrogen and oxygen atoms in total. The standard InChI is InChI=1S/C10H13FO2/c1-4-7-8(12-2)5-6-9(13-3)10(7)11/h5-6H,4H2,1-3H3. The van der Waals surface area contributed by atoms with Gasteiger partial charge in [-0.1, -0.05) is 6.92 Å². The monoisotopic (exact) mass is 184 g/mol. The molecule has 1 aromatic carbocycles. The zero-order valence-corrected chi connectivity index (χ0v) is 8.06. The van der Waals surface area contributed by atoms with Crippen LogP contribution in [-0.4, -0.2) is 14.2 Å². The maximum Gasteiger partial charge on any atom is 0.171 e. The number of benzene rings is 1. The molecular formula is C10H13FO2. The molecule has 0 saturated heterocycles. The molecule has 0 heterocycles. The first-order valence-corrected chi connectivity index (χ1v) is 4.14. The van der Waals surface area contributed by atoms with Gasteiger partial charge in [0.1, 0.15) is 5.75 Å². The maximum atomic E-state index is 13.5. The van der Waals surface area contributed by atoms with Crippen LogP contribution in [0, 0.1) is 5.82 Å². The van der Waals surface area contributed by atoms with Gasteiger partial charge in [0.05, 0.1) is 14.2 Å². The number of hydrogen-bond acceptors (Lipinski definition) is 2. The van der Waals surface area contributed by atoms with Gasteiger partial charge in [-0.15, -0.1) is 0 Å². The van der Waals surface area contributed by atoms with E-state index in [1.165, 1.54) is 14.2 Å². The average Bonchev–Trinajstić information content (AvgIpc) is 2.17. The van der Waals surface area contributed by atoms with Crippen LogP contribution >= 0.6 is 0 Å². The Bertz CT molecular complexity index is 297. The lowest BCUT2D eigenvalue weighted by Gasteiger charge is -2.10. The molecule has 72 valence electrons. The summed E-state index contributed by atoms with van der Waals surface area (Å²) in [7, 11) is 2.98. The van der Waals surface area contributed by atoms with Gasteiger partial charge in [-0.3, -0.25) is 0 Å². The van der Waals surface area contributed by atoms with E-state index >= 15 is 0 Å². The average molecular weight is 184 g/mol. The van der Waals surface area contributed by atoms with Gasteiger partial charge in [0.2, 0.25) is 0 Å². The number of halogens is 1. The lowest BCUT2D eigenvalue weighted by atomic mass is 10.1. The molecule has 0 aliphatic heterocycles. The fourth-order valence-electron chi connectivity index (χ4n) is 1.26. The minimum atomic E-state index is -0.329. The number of rotatable bonds is 3. The Morgan fingerprint density at radius 1 is 1.15 bits per heavy atom. The molecule has 0 aliphatic rings. The van der Waals surface area contributed by atoms with Crippen LogP contribution in [0.3, 0.4) is 0 Å². The van der Waals surface area contributed by atoms with Crippen LogP contribution in [-0.2, 0) is 6.42 Å². The number of hydrogen-bond donors (Lipinski definition) is 0. The van der Waals surface area contributed by atoms with E-state index in [1.807, 2.05) is 6.92 Å². The van der Waals surface area contributed by atoms with E-state index in [0.29, 0.717) is 17.7 Å². The third kappa shape index (κ3) is 1.74. The second-order valence-corrected chi connectivity index (χ2v) is 2.62. The summed E-state index contributed by atoms with van der Waals surface area (Å²) in [4.78, 5) is 0. The van der Waals surface area contributed by atoms with Crippen LogP contribution in [0.2, 0.25) is 0 Å². The third-order valence-electron chi connectivity index (χ3n) is 1.96. The van der Waals surface area contributed by atoms with Crippen LogP contribution in [0.5, 0.6) is 11.5 Å². The van der Waals surface area contributed by atoms with Crippen molar-refractivity contribution in [2.24, 2.45) is 0 Å². The molecule has 0 fully saturated rings. The van der Waals surface area contributed by atoms with Gasteiger partial charge in [-0.05, 0) is 18.6 Å². The number of ether oxygens (including phenoxy) is 2. The first kappa shape index (κ1) is 9.84. The molecule has 0 amide bonds. The maximum absolute atomic E-state index is 13.5. The Kier molecular flexibility index (Phi) is 3.12. The molecule has 3 heteroatoms. The lowest BCUT2D eigenvalue weighted by Crippen LogP contribution is -1.97. The van der Waals surface area contributed by atoms with Crippen molar-refractivity contribution in [2.75, 3.05) is 14.2 Å². The Labute approximate surface area is 77.3 Å². The molecular weight excluding hydrogens is 171 g/mol. The molecule has 0 unspecified atom stereocenters. The van der Waals surface area contributed by atoms with E-state index in [4.69, 9.17) is 9.47 Å². The molecule has 1 aromatic rings. The SMILES string of the molecule is CCc1c(OC)ccc(OC)c1F. The Balaban J connectivity index is 3.23. The highest BCUT2D eigenvalue weighted by Crippen LogP contribution is 2.28. The van der Waals surface area contributed by atoms with Crippen molar-refractivity contribution in [3.05, 3.63) is 23.5 Å². The summed E-state index contributed by atoms with van der Waals surface area (Å²) in [5.41, 5.74) is 0.557. The second-order valence-electron chi connectivity index (χ2n) is 2.62. The van der Waals surface area contributed by atoms with Crippen molar-refractivity contribution in [1.82, 2.24) is 0 Å². The van der Waals surface area contributed by atoms with Gasteiger partial charge in [0, 0.05) is 5.56 Å². The molecule has 0 N–H and O–H groups in total. The zero-order valence-electron chi connectivity index (χ0n) is 8.06. The second kappa shape index (κ2) is 4.12. The summed E-state index contributed by atoms with van der Waals surface area (Å²) in [5.74, 6) is 0.503. The first-order valence-electron chi connectivity index (χ1n) is 4.14. The molecule has 0 saturated carbocycles. The van der Waals surface area contributed by atoms with Gasteiger partial charge >= 0.3 is 0 Å². The van der Waals surface area contributed by atoms with E-state index < -0.39 is 0 Å². The molecule has 0 atom stereocenters. The van der Waals surface area contributed by atoms with Gasteiger partial charge in [-0.2, -0.15) is 0 Å². The van der Waals surface area contributed by atoms with Gasteiger partial charge in [0.15, 0.2) is 11.6 Å². The smallest absolute Gasteiger partial charge is 0.171 e. The van der Waals surface area contributed by atoms with Crippen molar-refractivity contribution in [3.63, 3.8) is 0 Å². The molecule has 0 aromatic heterocycles. The van der Waals surface area contributed by atoms with E-state index in [-0.39, 0.29) is 11.6 Å². The quantitative estimate of drug-likeness (QED) is 0.718. The third-order valence-corrected chi connectivity index (χ3v) is 1.96. The first-order chi connectivity index (χ1) is 6.24. The van der Waals surface area contributed by atoms with Gasteiger partial charge in [0.25, 0.3) is 0 Å². The van der Waals surface area contributed by atoms with Crippen molar-refractivity contribution in [3.8, 4) is 11.5 Å². The van der Waals surface area contributed by atoms with Gasteiger partial charge in [-0.25, -0.2) is 4.39 Å². The van der Waals surface area contributed by atoms with Crippen molar-refractivity contribution in [2.45, 2.75) is 13.3 Å². The topological polar surface area (TPSA) is 18.5 Å². The van der Waals surface area contributed by atoms with Crippen LogP contribution < -0.4 is 9.47 Å². The predicted molar refractivity (Wildman–Crippen MR) is 48.9 cm³/mol. The molecule has 0 bridgehead atoms. The highest BCUT2D eigenvalue weighted by atomic mass is 19.1. The predicted octanol–water partition coefficient (Wildman–Crippen LogP) is 2.41. The fourth-order valence-corrected chi connectivity index (χ4v) is 1.26. The Morgan fingerprint density at radius 2 is 1.69 bits per heavy atom. The van der Waals surface area contributed by atoms with E-state index in [0.717, 1.165) is 0 Å². The largest absolute Gasteiger partial charge is 0.496 e. The molecule has 0 radical (unpaired) electrons. The van der Waals surface area contributed by atoms with E-state index in [9.17, 15) is 4.39 Å². The fraction of sp³-hybridized carbons (Fsp3) is 0.400. The minimum absolute atomic E-state index is 0.262. The summed E-state index contributed by atoms with van der Waals surface area (Å²) in [5, 5.41) is 0.